The van der Waals surface area contributed by atoms with Crippen molar-refractivity contribution in [2.75, 3.05) is 26.9 Å². The molecule has 0 aliphatic carbocycles. The van der Waals surface area contributed by atoms with Crippen LogP contribution >= 0.6 is 0 Å². The van der Waals surface area contributed by atoms with Crippen molar-refractivity contribution in [3.8, 4) is 11.5 Å². The van der Waals surface area contributed by atoms with E-state index in [2.05, 4.69) is 19.1 Å². The second-order valence-corrected chi connectivity index (χ2v) is 4.22. The minimum absolute atomic E-state index is 0.593. The van der Waals surface area contributed by atoms with Gasteiger partial charge in [-0.3, -0.25) is 0 Å². The Bertz CT molecular complexity index is 374. The van der Waals surface area contributed by atoms with Crippen LogP contribution in [0, 0.1) is 0 Å². The van der Waals surface area contributed by atoms with Gasteiger partial charge in [0.1, 0.15) is 18.1 Å². The summed E-state index contributed by atoms with van der Waals surface area (Å²) in [6.45, 7) is 4.17. The molecule has 3 nitrogen and oxygen atoms in total. The summed E-state index contributed by atoms with van der Waals surface area (Å²) in [7, 11) is 1.68. The molecule has 1 aliphatic rings. The molecule has 0 fully saturated rings. The number of ether oxygens (including phenoxy) is 3. The molecule has 0 bridgehead atoms. The lowest BCUT2D eigenvalue weighted by Gasteiger charge is -2.21. The van der Waals surface area contributed by atoms with E-state index in [0.717, 1.165) is 37.4 Å². The lowest BCUT2D eigenvalue weighted by atomic mass is 10.0. The molecule has 0 saturated carbocycles. The molecule has 0 radical (unpaired) electrons. The van der Waals surface area contributed by atoms with E-state index in [4.69, 9.17) is 14.2 Å². The topological polar surface area (TPSA) is 27.7 Å². The highest BCUT2D eigenvalue weighted by Crippen LogP contribution is 2.34. The molecule has 0 unspecified atom stereocenters. The van der Waals surface area contributed by atoms with Gasteiger partial charge in [-0.1, -0.05) is 6.92 Å². The first-order valence-corrected chi connectivity index (χ1v) is 6.25. The quantitative estimate of drug-likeness (QED) is 0.735. The number of hydrogen-bond acceptors (Lipinski definition) is 3. The zero-order valence-corrected chi connectivity index (χ0v) is 10.6. The lowest BCUT2D eigenvalue weighted by molar-refractivity contribution is 0.145. The molecule has 17 heavy (non-hydrogen) atoms. The molecule has 0 amide bonds. The van der Waals surface area contributed by atoms with E-state index in [0.29, 0.717) is 13.2 Å². The van der Waals surface area contributed by atoms with E-state index >= 15 is 0 Å². The van der Waals surface area contributed by atoms with Gasteiger partial charge in [-0.05, 0) is 37.0 Å². The number of aryl methyl sites for hydroxylation is 1. The van der Waals surface area contributed by atoms with Gasteiger partial charge in [-0.25, -0.2) is 0 Å². The Morgan fingerprint density at radius 3 is 2.94 bits per heavy atom. The largest absolute Gasteiger partial charge is 0.493 e. The van der Waals surface area contributed by atoms with Crippen molar-refractivity contribution < 1.29 is 14.2 Å². The van der Waals surface area contributed by atoms with Crippen molar-refractivity contribution in [2.45, 2.75) is 26.2 Å². The van der Waals surface area contributed by atoms with Crippen LogP contribution in [-0.4, -0.2) is 26.9 Å². The second-order valence-electron chi connectivity index (χ2n) is 4.22. The van der Waals surface area contributed by atoms with E-state index in [9.17, 15) is 0 Å². The summed E-state index contributed by atoms with van der Waals surface area (Å²) >= 11 is 0. The van der Waals surface area contributed by atoms with E-state index in [-0.39, 0.29) is 0 Å². The smallest absolute Gasteiger partial charge is 0.126 e. The maximum absolute atomic E-state index is 5.78. The van der Waals surface area contributed by atoms with E-state index in [1.165, 1.54) is 11.1 Å². The van der Waals surface area contributed by atoms with E-state index in [1.807, 2.05) is 0 Å². The Balaban J connectivity index is 2.21. The fourth-order valence-electron chi connectivity index (χ4n) is 2.05. The van der Waals surface area contributed by atoms with Crippen LogP contribution in [0.3, 0.4) is 0 Å². The number of fused-ring (bicyclic) bond motifs is 1. The Labute approximate surface area is 103 Å². The number of rotatable bonds is 5. The Hall–Kier alpha value is -1.22. The Kier molecular flexibility index (Phi) is 4.26. The molecule has 94 valence electrons. The second kappa shape index (κ2) is 5.92. The van der Waals surface area contributed by atoms with Gasteiger partial charge in [-0.15, -0.1) is 0 Å². The molecule has 1 aromatic rings. The average molecular weight is 236 g/mol. The molecular weight excluding hydrogens is 216 g/mol. The van der Waals surface area contributed by atoms with Gasteiger partial charge < -0.3 is 14.2 Å². The van der Waals surface area contributed by atoms with Crippen molar-refractivity contribution in [1.82, 2.24) is 0 Å². The molecule has 0 spiro atoms. The van der Waals surface area contributed by atoms with E-state index < -0.39 is 0 Å². The zero-order chi connectivity index (χ0) is 12.1. The first kappa shape index (κ1) is 12.2. The molecule has 0 aromatic heterocycles. The van der Waals surface area contributed by atoms with Crippen LogP contribution in [0.15, 0.2) is 12.1 Å². The van der Waals surface area contributed by atoms with Gasteiger partial charge in [-0.2, -0.15) is 0 Å². The summed E-state index contributed by atoms with van der Waals surface area (Å²) in [6, 6.07) is 4.26. The molecule has 2 rings (SSSR count). The maximum Gasteiger partial charge on any atom is 0.126 e. The summed E-state index contributed by atoms with van der Waals surface area (Å²) < 4.78 is 16.5. The van der Waals surface area contributed by atoms with Gasteiger partial charge in [0.05, 0.1) is 13.2 Å². The third-order valence-electron chi connectivity index (χ3n) is 3.01. The molecule has 0 atom stereocenters. The van der Waals surface area contributed by atoms with Crippen molar-refractivity contribution in [2.24, 2.45) is 0 Å². The zero-order valence-electron chi connectivity index (χ0n) is 10.6. The average Bonchev–Trinajstić information content (AvgIpc) is 2.38. The number of hydrogen-bond donors (Lipinski definition) is 0. The third-order valence-corrected chi connectivity index (χ3v) is 3.01. The van der Waals surface area contributed by atoms with Crippen LogP contribution in [0.25, 0.3) is 0 Å². The normalized spacial score (nSPS) is 14.0. The van der Waals surface area contributed by atoms with Crippen molar-refractivity contribution in [3.05, 3.63) is 23.3 Å². The summed E-state index contributed by atoms with van der Waals surface area (Å²) in [5.74, 6) is 1.97. The summed E-state index contributed by atoms with van der Waals surface area (Å²) in [4.78, 5) is 0. The fraction of sp³-hybridized carbons (Fsp3) is 0.571. The molecule has 0 N–H and O–H groups in total. The van der Waals surface area contributed by atoms with Crippen molar-refractivity contribution in [3.63, 3.8) is 0 Å². The van der Waals surface area contributed by atoms with Gasteiger partial charge in [0.15, 0.2) is 0 Å². The van der Waals surface area contributed by atoms with E-state index in [1.54, 1.807) is 7.11 Å². The highest BCUT2D eigenvalue weighted by Gasteiger charge is 2.16. The molecule has 1 aliphatic heterocycles. The predicted octanol–water partition coefficient (Wildman–Crippen LogP) is 2.60. The highest BCUT2D eigenvalue weighted by atomic mass is 16.5. The lowest BCUT2D eigenvalue weighted by Crippen LogP contribution is -2.12. The van der Waals surface area contributed by atoms with Gasteiger partial charge >= 0.3 is 0 Å². The van der Waals surface area contributed by atoms with Crippen molar-refractivity contribution >= 4 is 0 Å². The van der Waals surface area contributed by atoms with Crippen LogP contribution in [0.1, 0.15) is 24.5 Å². The minimum atomic E-state index is 0.593. The SMILES string of the molecule is CCc1cc2c(c(OCCOC)c1)CCCO2. The molecule has 1 heterocycles. The third kappa shape index (κ3) is 2.91. The molecular formula is C14H20O3. The fourth-order valence-corrected chi connectivity index (χ4v) is 2.05. The van der Waals surface area contributed by atoms with Gasteiger partial charge in [0.25, 0.3) is 0 Å². The minimum Gasteiger partial charge on any atom is -0.493 e. The number of benzene rings is 1. The first-order valence-electron chi connectivity index (χ1n) is 6.25. The van der Waals surface area contributed by atoms with Gasteiger partial charge in [0, 0.05) is 12.7 Å². The summed E-state index contributed by atoms with van der Waals surface area (Å²) in [6.07, 6.45) is 3.11. The summed E-state index contributed by atoms with van der Waals surface area (Å²) in [5, 5.41) is 0. The van der Waals surface area contributed by atoms with Crippen molar-refractivity contribution in [1.29, 1.82) is 0 Å². The predicted molar refractivity (Wildman–Crippen MR) is 67.0 cm³/mol. The highest BCUT2D eigenvalue weighted by molar-refractivity contribution is 5.49. The maximum atomic E-state index is 5.78. The first-order chi connectivity index (χ1) is 8.35. The molecule has 0 saturated heterocycles. The summed E-state index contributed by atoms with van der Waals surface area (Å²) in [5.41, 5.74) is 2.47. The van der Waals surface area contributed by atoms with Crippen LogP contribution in [0.4, 0.5) is 0 Å². The molecule has 3 heteroatoms. The van der Waals surface area contributed by atoms with Crippen LogP contribution in [0.2, 0.25) is 0 Å². The Morgan fingerprint density at radius 1 is 1.29 bits per heavy atom. The van der Waals surface area contributed by atoms with Gasteiger partial charge in [0.2, 0.25) is 0 Å². The monoisotopic (exact) mass is 236 g/mol. The number of methoxy groups -OCH3 is 1. The van der Waals surface area contributed by atoms with Crippen LogP contribution < -0.4 is 9.47 Å². The Morgan fingerprint density at radius 2 is 2.18 bits per heavy atom. The van der Waals surface area contributed by atoms with Crippen LogP contribution in [-0.2, 0) is 17.6 Å². The molecule has 1 aromatic carbocycles. The standard InChI is InChI=1S/C14H20O3/c1-3-11-9-13-12(5-4-6-16-13)14(10-11)17-8-7-15-2/h9-10H,3-8H2,1-2H3. The van der Waals surface area contributed by atoms with Crippen LogP contribution in [0.5, 0.6) is 11.5 Å².